The summed E-state index contributed by atoms with van der Waals surface area (Å²) in [5.41, 5.74) is 8.80. The van der Waals surface area contributed by atoms with E-state index in [0.29, 0.717) is 0 Å². The van der Waals surface area contributed by atoms with Crippen LogP contribution in [0.15, 0.2) is 18.4 Å². The van der Waals surface area contributed by atoms with Gasteiger partial charge in [-0.25, -0.2) is 0 Å². The molecule has 7 N–H and O–H groups in total. The van der Waals surface area contributed by atoms with Crippen molar-refractivity contribution in [1.29, 1.82) is 0 Å². The van der Waals surface area contributed by atoms with Crippen LogP contribution in [0.3, 0.4) is 0 Å². The number of nitrogens with two attached hydrogens (primary N) is 2. The minimum atomic E-state index is -2.20. The predicted molar refractivity (Wildman–Crippen MR) is 128 cm³/mol. The number of halogens is 3. The van der Waals surface area contributed by atoms with Gasteiger partial charge in [-0.15, -0.1) is 0 Å². The van der Waals surface area contributed by atoms with E-state index in [9.17, 15) is 29.4 Å². The highest BCUT2D eigenvalue weighted by Gasteiger charge is 2.65. The first-order chi connectivity index (χ1) is 13.2. The second kappa shape index (κ2) is 9.73. The Balaban J connectivity index is 3.81. The predicted octanol–water partition coefficient (Wildman–Crippen LogP) is 0.113. The van der Waals surface area contributed by atoms with Gasteiger partial charge in [-0.2, -0.15) is 0 Å². The summed E-state index contributed by atoms with van der Waals surface area (Å²) in [6, 6.07) is 0. The lowest BCUT2D eigenvalue weighted by atomic mass is 9.66. The molecular formula is C16H20I3N3O7. The van der Waals surface area contributed by atoms with E-state index in [1.807, 2.05) is 0 Å². The first kappa shape index (κ1) is 26.5. The smallest absolute Gasteiger partial charge is 0.303 e. The topological polar surface area (TPSA) is 182 Å². The molecule has 0 saturated heterocycles. The van der Waals surface area contributed by atoms with Gasteiger partial charge >= 0.3 is 5.97 Å². The Morgan fingerprint density at radius 1 is 1.21 bits per heavy atom. The van der Waals surface area contributed by atoms with E-state index in [0.717, 1.165) is 6.92 Å². The maximum Gasteiger partial charge on any atom is 0.303 e. The zero-order valence-electron chi connectivity index (χ0n) is 15.6. The molecule has 0 aromatic heterocycles. The van der Waals surface area contributed by atoms with Gasteiger partial charge in [-0.3, -0.25) is 19.2 Å². The molecule has 0 heterocycles. The monoisotopic (exact) mass is 747 g/mol. The van der Waals surface area contributed by atoms with Gasteiger partial charge in [0.25, 0.3) is 5.91 Å². The summed E-state index contributed by atoms with van der Waals surface area (Å²) in [5, 5.41) is 23.6. The molecule has 10 nitrogen and oxygen atoms in total. The molecule has 0 aliphatic heterocycles. The number of hydrogen-bond donors (Lipinski definition) is 5. The Bertz CT molecular complexity index is 825. The van der Waals surface area contributed by atoms with E-state index in [-0.39, 0.29) is 18.4 Å². The van der Waals surface area contributed by atoms with Crippen LogP contribution in [0.2, 0.25) is 0 Å². The Hall–Kier alpha value is -0.530. The van der Waals surface area contributed by atoms with Gasteiger partial charge in [0.1, 0.15) is 5.41 Å². The average molecular weight is 747 g/mol. The Labute approximate surface area is 207 Å². The van der Waals surface area contributed by atoms with Crippen molar-refractivity contribution in [3.8, 4) is 0 Å². The molecule has 0 spiro atoms. The van der Waals surface area contributed by atoms with Crippen LogP contribution >= 0.6 is 67.8 Å². The molecule has 4 atom stereocenters. The molecule has 0 fully saturated rings. The van der Waals surface area contributed by atoms with E-state index in [2.05, 4.69) is 5.32 Å². The van der Waals surface area contributed by atoms with Crippen molar-refractivity contribution >= 4 is 91.5 Å². The van der Waals surface area contributed by atoms with Gasteiger partial charge in [0.2, 0.25) is 11.8 Å². The minimum absolute atomic E-state index is 0.00411. The SMILES string of the molecule is CC(=O)OC(C)C(=O)NC1=C(I)C(C(N)=O)(C(C)CO)C(O)(I)C(C(N)=O)=C1I. The van der Waals surface area contributed by atoms with Crippen LogP contribution in [-0.2, 0) is 23.9 Å². The maximum absolute atomic E-state index is 12.6. The van der Waals surface area contributed by atoms with Crippen LogP contribution in [0.4, 0.5) is 0 Å². The highest BCUT2D eigenvalue weighted by Crippen LogP contribution is 2.60. The zero-order chi connectivity index (χ0) is 22.9. The number of allylic oxidation sites excluding steroid dienone is 1. The van der Waals surface area contributed by atoms with Crippen molar-refractivity contribution in [2.45, 2.75) is 30.5 Å². The molecule has 0 aromatic carbocycles. The quantitative estimate of drug-likeness (QED) is 0.139. The summed E-state index contributed by atoms with van der Waals surface area (Å²) in [6.45, 7) is 3.38. The summed E-state index contributed by atoms with van der Waals surface area (Å²) in [5.74, 6) is -4.43. The molecule has 0 aromatic rings. The van der Waals surface area contributed by atoms with Crippen molar-refractivity contribution in [1.82, 2.24) is 5.32 Å². The van der Waals surface area contributed by atoms with Crippen molar-refractivity contribution in [3.63, 3.8) is 0 Å². The third-order valence-electron chi connectivity index (χ3n) is 4.47. The number of ether oxygens (including phenoxy) is 1. The molecule has 1 rings (SSSR count). The van der Waals surface area contributed by atoms with Gasteiger partial charge in [0.15, 0.2) is 9.71 Å². The summed E-state index contributed by atoms with van der Waals surface area (Å²) in [4.78, 5) is 48.4. The highest BCUT2D eigenvalue weighted by atomic mass is 127. The maximum atomic E-state index is 12.6. The molecular weight excluding hydrogens is 727 g/mol. The number of alkyl halides is 1. The van der Waals surface area contributed by atoms with E-state index in [1.165, 1.54) is 36.4 Å². The molecule has 1 aliphatic rings. The molecule has 0 radical (unpaired) electrons. The van der Waals surface area contributed by atoms with Crippen LogP contribution < -0.4 is 16.8 Å². The number of hydrogen-bond acceptors (Lipinski definition) is 7. The van der Waals surface area contributed by atoms with E-state index < -0.39 is 51.3 Å². The van der Waals surface area contributed by atoms with Crippen LogP contribution in [-0.4, -0.2) is 50.2 Å². The molecule has 4 unspecified atom stereocenters. The van der Waals surface area contributed by atoms with Crippen LogP contribution in [0, 0.1) is 11.3 Å². The summed E-state index contributed by atoms with van der Waals surface area (Å²) < 4.78 is 2.82. The van der Waals surface area contributed by atoms with E-state index in [4.69, 9.17) is 16.2 Å². The fourth-order valence-electron chi connectivity index (χ4n) is 3.01. The van der Waals surface area contributed by atoms with Crippen LogP contribution in [0.1, 0.15) is 20.8 Å². The summed E-state index contributed by atoms with van der Waals surface area (Å²) in [6.07, 6.45) is -1.18. The van der Waals surface area contributed by atoms with E-state index in [1.54, 1.807) is 45.2 Å². The van der Waals surface area contributed by atoms with Gasteiger partial charge in [-0.1, -0.05) is 6.92 Å². The number of amides is 3. The summed E-state index contributed by atoms with van der Waals surface area (Å²) in [7, 11) is 0. The van der Waals surface area contributed by atoms with Crippen LogP contribution in [0.5, 0.6) is 0 Å². The molecule has 29 heavy (non-hydrogen) atoms. The fourth-order valence-corrected chi connectivity index (χ4v) is 8.81. The van der Waals surface area contributed by atoms with Crippen molar-refractivity contribution in [3.05, 3.63) is 18.4 Å². The second-order valence-electron chi connectivity index (χ2n) is 6.36. The Kier molecular flexibility index (Phi) is 8.90. The lowest BCUT2D eigenvalue weighted by Crippen LogP contribution is -2.62. The van der Waals surface area contributed by atoms with Gasteiger partial charge < -0.3 is 31.7 Å². The lowest BCUT2D eigenvalue weighted by Gasteiger charge is -2.48. The first-order valence-corrected chi connectivity index (χ1v) is 11.3. The normalized spacial score (nSPS) is 26.6. The molecule has 162 valence electrons. The van der Waals surface area contributed by atoms with Crippen molar-refractivity contribution < 1.29 is 34.1 Å². The van der Waals surface area contributed by atoms with Gasteiger partial charge in [0.05, 0.1) is 11.3 Å². The molecule has 3 amide bonds. The number of primary amides is 2. The minimum Gasteiger partial charge on any atom is -0.453 e. The summed E-state index contributed by atoms with van der Waals surface area (Å²) >= 11 is 4.94. The number of esters is 1. The van der Waals surface area contributed by atoms with Gasteiger partial charge in [0, 0.05) is 26.6 Å². The number of aliphatic hydroxyl groups is 2. The lowest BCUT2D eigenvalue weighted by molar-refractivity contribution is -0.152. The standard InChI is InChI=1S/C16H20I3N3O7/c1-5(4-23)15(14(21)27)11(18)10(22-13(26)6(2)29-7(3)24)9(17)8(12(20)25)16(15,19)28/h5-6,23,28H,4H2,1-3H3,(H2,20,25)(H2,21,27)(H,22,26). The zero-order valence-corrected chi connectivity index (χ0v) is 22.1. The number of rotatable bonds is 7. The molecule has 0 saturated carbocycles. The fraction of sp³-hybridized carbons (Fsp3) is 0.500. The van der Waals surface area contributed by atoms with E-state index >= 15 is 0 Å². The third kappa shape index (κ3) is 4.57. The first-order valence-electron chi connectivity index (χ1n) is 8.08. The average Bonchev–Trinajstić information content (AvgIpc) is 2.56. The largest absolute Gasteiger partial charge is 0.453 e. The Morgan fingerprint density at radius 2 is 1.72 bits per heavy atom. The molecule has 0 bridgehead atoms. The molecule has 1 aliphatic carbocycles. The number of aliphatic hydroxyl groups excluding tert-OH is 1. The third-order valence-corrected chi connectivity index (χ3v) is 8.33. The number of nitrogens with one attached hydrogen (secondary N) is 1. The van der Waals surface area contributed by atoms with Crippen molar-refractivity contribution in [2.24, 2.45) is 22.8 Å². The van der Waals surface area contributed by atoms with Crippen molar-refractivity contribution in [2.75, 3.05) is 6.61 Å². The molecule has 13 heteroatoms. The number of carbonyl (C=O) groups is 4. The van der Waals surface area contributed by atoms with Gasteiger partial charge in [-0.05, 0) is 74.7 Å². The second-order valence-corrected chi connectivity index (χ2v) is 10.1. The number of carbonyl (C=O) groups excluding carboxylic acids is 4. The van der Waals surface area contributed by atoms with Crippen LogP contribution in [0.25, 0.3) is 0 Å². The highest BCUT2D eigenvalue weighted by molar-refractivity contribution is 14.1. The Morgan fingerprint density at radius 3 is 2.10 bits per heavy atom.